The number of carbonyl (C=O) groups is 1. The molecule has 104 valence electrons. The first-order valence-electron chi connectivity index (χ1n) is 6.80. The maximum absolute atomic E-state index is 11.9. The van der Waals surface area contributed by atoms with E-state index in [-0.39, 0.29) is 5.91 Å². The van der Waals surface area contributed by atoms with Gasteiger partial charge in [-0.1, -0.05) is 17.7 Å². The van der Waals surface area contributed by atoms with Crippen LogP contribution in [0.1, 0.15) is 18.4 Å². The van der Waals surface area contributed by atoms with Crippen molar-refractivity contribution in [3.8, 4) is 0 Å². The number of hydrogen-bond donors (Lipinski definition) is 1. The second-order valence-corrected chi connectivity index (χ2v) is 6.52. The minimum Gasteiger partial charge on any atom is -0.325 e. The molecule has 1 aliphatic rings. The number of likely N-dealkylation sites (tertiary alicyclic amines) is 1. The number of amides is 1. The van der Waals surface area contributed by atoms with Crippen molar-refractivity contribution >= 4 is 23.4 Å². The number of carbonyl (C=O) groups excluding carboxylic acids is 1. The van der Waals surface area contributed by atoms with Gasteiger partial charge in [0.05, 0.1) is 5.75 Å². The Balaban J connectivity index is 1.71. The van der Waals surface area contributed by atoms with Gasteiger partial charge in [-0.3, -0.25) is 4.79 Å². The van der Waals surface area contributed by atoms with E-state index in [2.05, 4.69) is 17.3 Å². The van der Waals surface area contributed by atoms with E-state index in [1.54, 1.807) is 11.8 Å². The summed E-state index contributed by atoms with van der Waals surface area (Å²) in [6, 6.07) is 7.93. The smallest absolute Gasteiger partial charge is 0.234 e. The molecule has 1 amide bonds. The predicted octanol–water partition coefficient (Wildman–Crippen LogP) is 2.76. The van der Waals surface area contributed by atoms with Crippen LogP contribution in [-0.4, -0.2) is 41.9 Å². The fraction of sp³-hybridized carbons (Fsp3) is 0.533. The molecule has 1 aliphatic heterocycles. The second-order valence-electron chi connectivity index (χ2n) is 5.23. The molecule has 2 rings (SSSR count). The van der Waals surface area contributed by atoms with E-state index in [1.165, 1.54) is 18.4 Å². The molecule has 1 aromatic carbocycles. The minimum absolute atomic E-state index is 0.104. The normalized spacial score (nSPS) is 17.4. The van der Waals surface area contributed by atoms with Crippen molar-refractivity contribution in [1.82, 2.24) is 4.90 Å². The number of aryl methyl sites for hydroxylation is 1. The molecule has 3 nitrogen and oxygen atoms in total. The summed E-state index contributed by atoms with van der Waals surface area (Å²) < 4.78 is 0. The average Bonchev–Trinajstić information content (AvgIpc) is 2.41. The zero-order valence-electron chi connectivity index (χ0n) is 11.7. The van der Waals surface area contributed by atoms with Gasteiger partial charge >= 0.3 is 0 Å². The van der Waals surface area contributed by atoms with Crippen LogP contribution in [0.5, 0.6) is 0 Å². The van der Waals surface area contributed by atoms with Crippen LogP contribution < -0.4 is 5.32 Å². The third-order valence-electron chi connectivity index (χ3n) is 3.45. The van der Waals surface area contributed by atoms with Gasteiger partial charge in [0, 0.05) is 10.9 Å². The Labute approximate surface area is 119 Å². The van der Waals surface area contributed by atoms with Crippen molar-refractivity contribution in [3.63, 3.8) is 0 Å². The molecule has 0 unspecified atom stereocenters. The number of piperidine rings is 1. The average molecular weight is 278 g/mol. The van der Waals surface area contributed by atoms with Crippen molar-refractivity contribution in [3.05, 3.63) is 29.8 Å². The molecule has 0 atom stereocenters. The molecular formula is C15H22N2OS. The number of nitrogens with one attached hydrogen (secondary N) is 1. The van der Waals surface area contributed by atoms with Crippen molar-refractivity contribution in [2.24, 2.45) is 0 Å². The van der Waals surface area contributed by atoms with Gasteiger partial charge in [-0.25, -0.2) is 0 Å². The molecule has 1 N–H and O–H groups in total. The van der Waals surface area contributed by atoms with E-state index >= 15 is 0 Å². The van der Waals surface area contributed by atoms with Crippen molar-refractivity contribution in [2.75, 3.05) is 31.2 Å². The Morgan fingerprint density at radius 2 is 1.95 bits per heavy atom. The number of rotatable bonds is 4. The van der Waals surface area contributed by atoms with E-state index in [0.717, 1.165) is 18.8 Å². The van der Waals surface area contributed by atoms with E-state index in [1.807, 2.05) is 31.2 Å². The highest BCUT2D eigenvalue weighted by Crippen LogP contribution is 2.22. The number of nitrogens with zero attached hydrogens (tertiary/aromatic N) is 1. The highest BCUT2D eigenvalue weighted by atomic mass is 32.2. The molecule has 0 bridgehead atoms. The first-order chi connectivity index (χ1) is 9.13. The molecule has 0 radical (unpaired) electrons. The van der Waals surface area contributed by atoms with Crippen LogP contribution in [0, 0.1) is 6.92 Å². The van der Waals surface area contributed by atoms with Crippen LogP contribution in [0.3, 0.4) is 0 Å². The lowest BCUT2D eigenvalue weighted by molar-refractivity contribution is -0.113. The number of anilines is 1. The first kappa shape index (κ1) is 14.4. The maximum atomic E-state index is 11.9. The lowest BCUT2D eigenvalue weighted by Crippen LogP contribution is -2.32. The summed E-state index contributed by atoms with van der Waals surface area (Å²) in [6.07, 6.45) is 2.39. The number of benzene rings is 1. The summed E-state index contributed by atoms with van der Waals surface area (Å²) in [5, 5.41) is 3.59. The first-order valence-corrected chi connectivity index (χ1v) is 7.85. The Hall–Kier alpha value is -1.00. The molecular weight excluding hydrogens is 256 g/mol. The van der Waals surface area contributed by atoms with E-state index < -0.39 is 0 Å². The van der Waals surface area contributed by atoms with E-state index in [9.17, 15) is 4.79 Å². The lowest BCUT2D eigenvalue weighted by Gasteiger charge is -2.28. The Morgan fingerprint density at radius 1 is 1.32 bits per heavy atom. The van der Waals surface area contributed by atoms with E-state index in [0.29, 0.717) is 11.0 Å². The molecule has 0 aromatic heterocycles. The van der Waals surface area contributed by atoms with Gasteiger partial charge in [-0.05, 0) is 52.0 Å². The zero-order chi connectivity index (χ0) is 13.7. The largest absolute Gasteiger partial charge is 0.325 e. The summed E-state index contributed by atoms with van der Waals surface area (Å²) in [5.74, 6) is 0.662. The van der Waals surface area contributed by atoms with Crippen molar-refractivity contribution in [1.29, 1.82) is 0 Å². The predicted molar refractivity (Wildman–Crippen MR) is 82.8 cm³/mol. The van der Waals surface area contributed by atoms with Crippen LogP contribution in [0.15, 0.2) is 24.3 Å². The molecule has 4 heteroatoms. The molecule has 1 aromatic rings. The monoisotopic (exact) mass is 278 g/mol. The number of hydrogen-bond acceptors (Lipinski definition) is 3. The van der Waals surface area contributed by atoms with Gasteiger partial charge in [0.15, 0.2) is 0 Å². The molecule has 0 aliphatic carbocycles. The SMILES string of the molecule is Cc1ccc(NC(=O)CSC2CCN(C)CC2)cc1. The molecule has 1 heterocycles. The standard InChI is InChI=1S/C15H22N2OS/c1-12-3-5-13(6-4-12)16-15(18)11-19-14-7-9-17(2)10-8-14/h3-6,14H,7-11H2,1-2H3,(H,16,18). The molecule has 19 heavy (non-hydrogen) atoms. The van der Waals surface area contributed by atoms with Crippen molar-refractivity contribution in [2.45, 2.75) is 25.0 Å². The zero-order valence-corrected chi connectivity index (χ0v) is 12.5. The van der Waals surface area contributed by atoms with Crippen LogP contribution in [0.25, 0.3) is 0 Å². The van der Waals surface area contributed by atoms with Crippen LogP contribution in [0.4, 0.5) is 5.69 Å². The fourth-order valence-corrected chi connectivity index (χ4v) is 3.18. The Bertz CT molecular complexity index is 411. The summed E-state index contributed by atoms with van der Waals surface area (Å²) in [6.45, 7) is 4.34. The fourth-order valence-electron chi connectivity index (χ4n) is 2.18. The number of thioether (sulfide) groups is 1. The Morgan fingerprint density at radius 3 is 2.58 bits per heavy atom. The van der Waals surface area contributed by atoms with Gasteiger partial charge in [-0.15, -0.1) is 11.8 Å². The van der Waals surface area contributed by atoms with Crippen LogP contribution in [0.2, 0.25) is 0 Å². The second kappa shape index (κ2) is 6.96. The summed E-state index contributed by atoms with van der Waals surface area (Å²) >= 11 is 1.79. The lowest BCUT2D eigenvalue weighted by atomic mass is 10.1. The minimum atomic E-state index is 0.104. The highest BCUT2D eigenvalue weighted by molar-refractivity contribution is 8.00. The molecule has 0 saturated carbocycles. The molecule has 1 fully saturated rings. The summed E-state index contributed by atoms with van der Waals surface area (Å²) in [7, 11) is 2.16. The van der Waals surface area contributed by atoms with Gasteiger partial charge < -0.3 is 10.2 Å². The van der Waals surface area contributed by atoms with Gasteiger partial charge in [0.2, 0.25) is 5.91 Å². The van der Waals surface area contributed by atoms with Crippen LogP contribution >= 0.6 is 11.8 Å². The van der Waals surface area contributed by atoms with Gasteiger partial charge in [0.25, 0.3) is 0 Å². The Kier molecular flexibility index (Phi) is 5.28. The third-order valence-corrected chi connectivity index (χ3v) is 4.82. The third kappa shape index (κ3) is 4.88. The van der Waals surface area contributed by atoms with Gasteiger partial charge in [-0.2, -0.15) is 0 Å². The van der Waals surface area contributed by atoms with Gasteiger partial charge in [0.1, 0.15) is 0 Å². The highest BCUT2D eigenvalue weighted by Gasteiger charge is 2.17. The topological polar surface area (TPSA) is 32.3 Å². The van der Waals surface area contributed by atoms with Crippen LogP contribution in [-0.2, 0) is 4.79 Å². The quantitative estimate of drug-likeness (QED) is 0.919. The van der Waals surface area contributed by atoms with E-state index in [4.69, 9.17) is 0 Å². The maximum Gasteiger partial charge on any atom is 0.234 e. The summed E-state index contributed by atoms with van der Waals surface area (Å²) in [5.41, 5.74) is 2.10. The van der Waals surface area contributed by atoms with Crippen molar-refractivity contribution < 1.29 is 4.79 Å². The molecule has 1 saturated heterocycles. The summed E-state index contributed by atoms with van der Waals surface area (Å²) in [4.78, 5) is 14.2. The molecule has 0 spiro atoms.